The van der Waals surface area contributed by atoms with Gasteiger partial charge in [-0.1, -0.05) is 42.5 Å². The normalized spacial score (nSPS) is 10.9. The van der Waals surface area contributed by atoms with Crippen LogP contribution in [-0.4, -0.2) is 10.9 Å². The van der Waals surface area contributed by atoms with Gasteiger partial charge in [0.1, 0.15) is 11.3 Å². The summed E-state index contributed by atoms with van der Waals surface area (Å²) in [6.45, 7) is 0. The number of aryl methyl sites for hydroxylation is 2. The van der Waals surface area contributed by atoms with E-state index in [9.17, 15) is 9.18 Å². The van der Waals surface area contributed by atoms with E-state index in [1.807, 2.05) is 18.2 Å². The maximum atomic E-state index is 13.7. The van der Waals surface area contributed by atoms with Crippen LogP contribution in [0.4, 0.5) is 10.1 Å². The van der Waals surface area contributed by atoms with Gasteiger partial charge in [0.05, 0.1) is 5.69 Å². The van der Waals surface area contributed by atoms with Gasteiger partial charge < -0.3 is 9.73 Å². The first kappa shape index (κ1) is 17.0. The van der Waals surface area contributed by atoms with Gasteiger partial charge in [0.25, 0.3) is 5.91 Å². The number of oxazole rings is 1. The van der Waals surface area contributed by atoms with Crippen LogP contribution in [0.2, 0.25) is 0 Å². The van der Waals surface area contributed by atoms with Crippen molar-refractivity contribution in [1.82, 2.24) is 4.98 Å². The van der Waals surface area contributed by atoms with Gasteiger partial charge >= 0.3 is 0 Å². The molecule has 4 rings (SSSR count). The summed E-state index contributed by atoms with van der Waals surface area (Å²) in [5.41, 5.74) is 2.98. The summed E-state index contributed by atoms with van der Waals surface area (Å²) in [4.78, 5) is 16.9. The van der Waals surface area contributed by atoms with Gasteiger partial charge in [0.15, 0.2) is 11.5 Å². The van der Waals surface area contributed by atoms with Crippen molar-refractivity contribution < 1.29 is 13.6 Å². The number of nitrogens with zero attached hydrogens (tertiary/aromatic N) is 1. The summed E-state index contributed by atoms with van der Waals surface area (Å²) in [5, 5.41) is 2.57. The number of halogens is 1. The van der Waals surface area contributed by atoms with Crippen LogP contribution >= 0.6 is 0 Å². The third-order valence-corrected chi connectivity index (χ3v) is 4.29. The Morgan fingerprint density at radius 2 is 1.74 bits per heavy atom. The number of fused-ring (bicyclic) bond motifs is 1. The quantitative estimate of drug-likeness (QED) is 0.545. The molecule has 5 heteroatoms. The molecule has 1 amide bonds. The highest BCUT2D eigenvalue weighted by atomic mass is 19.1. The smallest absolute Gasteiger partial charge is 0.255 e. The molecule has 0 aliphatic heterocycles. The van der Waals surface area contributed by atoms with Crippen LogP contribution in [0.25, 0.3) is 11.1 Å². The molecule has 134 valence electrons. The van der Waals surface area contributed by atoms with Crippen molar-refractivity contribution in [3.05, 3.63) is 95.6 Å². The van der Waals surface area contributed by atoms with Crippen molar-refractivity contribution in [2.45, 2.75) is 12.8 Å². The van der Waals surface area contributed by atoms with Gasteiger partial charge in [0, 0.05) is 12.0 Å². The second-order valence-corrected chi connectivity index (χ2v) is 6.21. The third-order valence-electron chi connectivity index (χ3n) is 4.29. The van der Waals surface area contributed by atoms with Crippen LogP contribution in [0.15, 0.2) is 77.2 Å². The minimum atomic E-state index is -0.477. The number of amides is 1. The Morgan fingerprint density at radius 3 is 2.56 bits per heavy atom. The maximum Gasteiger partial charge on any atom is 0.255 e. The monoisotopic (exact) mass is 360 g/mol. The lowest BCUT2D eigenvalue weighted by Crippen LogP contribution is -2.12. The maximum absolute atomic E-state index is 13.7. The first-order chi connectivity index (χ1) is 13.2. The van der Waals surface area contributed by atoms with E-state index in [0.717, 1.165) is 6.42 Å². The molecule has 0 bridgehead atoms. The number of carbonyl (C=O) groups is 1. The Kier molecular flexibility index (Phi) is 4.66. The average Bonchev–Trinajstić information content (AvgIpc) is 3.11. The van der Waals surface area contributed by atoms with Crippen LogP contribution in [-0.2, 0) is 12.8 Å². The Balaban J connectivity index is 1.50. The van der Waals surface area contributed by atoms with Gasteiger partial charge in [-0.15, -0.1) is 0 Å². The number of benzene rings is 3. The minimum absolute atomic E-state index is 0.142. The zero-order valence-corrected chi connectivity index (χ0v) is 14.5. The van der Waals surface area contributed by atoms with E-state index in [2.05, 4.69) is 22.4 Å². The minimum Gasteiger partial charge on any atom is -0.441 e. The number of para-hydroxylation sites is 1. The van der Waals surface area contributed by atoms with Crippen LogP contribution in [0.5, 0.6) is 0 Å². The lowest BCUT2D eigenvalue weighted by Gasteiger charge is -2.05. The van der Waals surface area contributed by atoms with Crippen molar-refractivity contribution in [1.29, 1.82) is 0 Å². The zero-order chi connectivity index (χ0) is 18.6. The molecule has 1 N–H and O–H groups in total. The van der Waals surface area contributed by atoms with Gasteiger partial charge in [-0.2, -0.15) is 0 Å². The Bertz CT molecular complexity index is 1090. The lowest BCUT2D eigenvalue weighted by molar-refractivity contribution is 0.102. The zero-order valence-electron chi connectivity index (χ0n) is 14.5. The molecule has 1 heterocycles. The molecule has 0 radical (unpaired) electrons. The number of anilines is 1. The number of carbonyl (C=O) groups excluding carboxylic acids is 1. The molecular weight excluding hydrogens is 343 g/mol. The molecule has 1 aromatic heterocycles. The number of nitrogens with one attached hydrogen (secondary N) is 1. The molecule has 27 heavy (non-hydrogen) atoms. The molecule has 0 unspecified atom stereocenters. The number of aromatic nitrogens is 1. The van der Waals surface area contributed by atoms with Gasteiger partial charge in [-0.05, 0) is 42.3 Å². The second-order valence-electron chi connectivity index (χ2n) is 6.21. The Hall–Kier alpha value is -3.47. The summed E-state index contributed by atoms with van der Waals surface area (Å²) in [6, 6.07) is 21.2. The second kappa shape index (κ2) is 7.41. The molecule has 4 nitrogen and oxygen atoms in total. The Labute approximate surface area is 155 Å². The fraction of sp³-hybridized carbons (Fsp3) is 0.0909. The van der Waals surface area contributed by atoms with Crippen LogP contribution in [0, 0.1) is 5.82 Å². The van der Waals surface area contributed by atoms with E-state index in [-0.39, 0.29) is 5.69 Å². The van der Waals surface area contributed by atoms with Crippen LogP contribution in [0.1, 0.15) is 21.8 Å². The summed E-state index contributed by atoms with van der Waals surface area (Å²) < 4.78 is 19.5. The number of rotatable bonds is 5. The first-order valence-corrected chi connectivity index (χ1v) is 8.68. The van der Waals surface area contributed by atoms with E-state index in [1.165, 1.54) is 17.7 Å². The fourth-order valence-corrected chi connectivity index (χ4v) is 2.87. The van der Waals surface area contributed by atoms with Crippen LogP contribution < -0.4 is 5.32 Å². The highest BCUT2D eigenvalue weighted by Crippen LogP contribution is 2.20. The topological polar surface area (TPSA) is 55.1 Å². The summed E-state index contributed by atoms with van der Waals surface area (Å²) in [5.74, 6) is -0.250. The van der Waals surface area contributed by atoms with Crippen molar-refractivity contribution in [2.24, 2.45) is 0 Å². The van der Waals surface area contributed by atoms with E-state index in [1.54, 1.807) is 30.3 Å². The molecule has 3 aromatic carbocycles. The number of hydrogen-bond donors (Lipinski definition) is 1. The average molecular weight is 360 g/mol. The highest BCUT2D eigenvalue weighted by molar-refractivity contribution is 6.05. The largest absolute Gasteiger partial charge is 0.441 e. The summed E-state index contributed by atoms with van der Waals surface area (Å²) in [7, 11) is 0. The van der Waals surface area contributed by atoms with Gasteiger partial charge in [-0.25, -0.2) is 9.37 Å². The molecule has 0 spiro atoms. The highest BCUT2D eigenvalue weighted by Gasteiger charge is 2.12. The predicted molar refractivity (Wildman–Crippen MR) is 102 cm³/mol. The molecular formula is C22H17FN2O2. The molecule has 0 aliphatic carbocycles. The molecule has 0 fully saturated rings. The SMILES string of the molecule is O=C(Nc1ccccc1F)c1ccc2nc(CCc3ccccc3)oc2c1. The van der Waals surface area contributed by atoms with E-state index >= 15 is 0 Å². The fourth-order valence-electron chi connectivity index (χ4n) is 2.87. The van der Waals surface area contributed by atoms with Crippen molar-refractivity contribution in [2.75, 3.05) is 5.32 Å². The summed E-state index contributed by atoms with van der Waals surface area (Å²) in [6.07, 6.45) is 1.50. The van der Waals surface area contributed by atoms with Gasteiger partial charge in [0.2, 0.25) is 0 Å². The lowest BCUT2D eigenvalue weighted by atomic mass is 10.1. The molecule has 0 saturated heterocycles. The third kappa shape index (κ3) is 3.87. The molecule has 0 atom stereocenters. The van der Waals surface area contributed by atoms with Gasteiger partial charge in [-0.3, -0.25) is 4.79 Å². The standard InChI is InChI=1S/C22H17FN2O2/c23-17-8-4-5-9-18(17)25-22(26)16-11-12-19-20(14-16)27-21(24-19)13-10-15-6-2-1-3-7-15/h1-9,11-12,14H,10,13H2,(H,25,26). The van der Waals surface area contributed by atoms with Crippen molar-refractivity contribution in [3.63, 3.8) is 0 Å². The molecule has 0 aliphatic rings. The Morgan fingerprint density at radius 1 is 0.963 bits per heavy atom. The number of hydrogen-bond acceptors (Lipinski definition) is 3. The first-order valence-electron chi connectivity index (χ1n) is 8.68. The van der Waals surface area contributed by atoms with E-state index in [0.29, 0.717) is 29.0 Å². The van der Waals surface area contributed by atoms with Crippen LogP contribution in [0.3, 0.4) is 0 Å². The van der Waals surface area contributed by atoms with Crippen molar-refractivity contribution >= 4 is 22.7 Å². The van der Waals surface area contributed by atoms with E-state index in [4.69, 9.17) is 4.42 Å². The van der Waals surface area contributed by atoms with E-state index < -0.39 is 11.7 Å². The predicted octanol–water partition coefficient (Wildman–Crippen LogP) is 5.00. The molecule has 4 aromatic rings. The summed E-state index contributed by atoms with van der Waals surface area (Å²) >= 11 is 0. The molecule has 0 saturated carbocycles. The van der Waals surface area contributed by atoms with Crippen molar-refractivity contribution in [3.8, 4) is 0 Å².